The number of pyridine rings is 1. The molecule has 0 amide bonds. The largest absolute Gasteiger partial charge is 0.491 e. The Hall–Kier alpha value is -2.94. The molecule has 8 heteroatoms. The highest BCUT2D eigenvalue weighted by molar-refractivity contribution is 9.10. The van der Waals surface area contributed by atoms with E-state index < -0.39 is 6.10 Å². The summed E-state index contributed by atoms with van der Waals surface area (Å²) in [5.74, 6) is 1.49. The number of nitrogens with one attached hydrogen (secondary N) is 1. The molecule has 5 rings (SSSR count). The van der Waals surface area contributed by atoms with Gasteiger partial charge >= 0.3 is 0 Å². The minimum absolute atomic E-state index is 0.265. The number of β-amino-alcohol motifs (C(OH)–C–C–N with tert-alkyl or cyclic N) is 1. The van der Waals surface area contributed by atoms with Gasteiger partial charge in [0, 0.05) is 54.6 Å². The molecule has 0 spiro atoms. The van der Waals surface area contributed by atoms with Gasteiger partial charge in [0.05, 0.1) is 5.52 Å². The van der Waals surface area contributed by atoms with Crippen LogP contribution < -0.4 is 9.64 Å². The van der Waals surface area contributed by atoms with Crippen molar-refractivity contribution in [2.75, 3.05) is 44.2 Å². The minimum atomic E-state index is -0.534. The molecule has 2 N–H and O–H groups in total. The summed E-state index contributed by atoms with van der Waals surface area (Å²) in [6, 6.07) is 20.1. The molecule has 7 nitrogen and oxygen atoms in total. The fourth-order valence-electron chi connectivity index (χ4n) is 4.09. The average molecular weight is 508 g/mol. The van der Waals surface area contributed by atoms with Crippen LogP contribution in [0.2, 0.25) is 0 Å². The highest BCUT2D eigenvalue weighted by Crippen LogP contribution is 2.24. The van der Waals surface area contributed by atoms with Crippen molar-refractivity contribution in [1.29, 1.82) is 0 Å². The summed E-state index contributed by atoms with van der Waals surface area (Å²) in [4.78, 5) is 16.8. The molecule has 1 aliphatic rings. The number of piperazine rings is 1. The van der Waals surface area contributed by atoms with Gasteiger partial charge in [-0.25, -0.2) is 9.97 Å². The van der Waals surface area contributed by atoms with Crippen molar-refractivity contribution in [3.8, 4) is 17.1 Å². The molecule has 3 heterocycles. The van der Waals surface area contributed by atoms with Crippen LogP contribution in [-0.4, -0.2) is 70.4 Å². The third-order valence-corrected chi connectivity index (χ3v) is 6.27. The summed E-state index contributed by atoms with van der Waals surface area (Å²) in [5, 5.41) is 10.5. The lowest BCUT2D eigenvalue weighted by atomic mass is 10.2. The number of rotatable bonds is 7. The number of aliphatic hydroxyl groups is 1. The van der Waals surface area contributed by atoms with E-state index in [0.717, 1.165) is 53.3 Å². The number of anilines is 1. The Morgan fingerprint density at radius 2 is 1.79 bits per heavy atom. The molecular formula is C25H26BrN5O2. The first-order valence-corrected chi connectivity index (χ1v) is 11.9. The van der Waals surface area contributed by atoms with Gasteiger partial charge in [0.15, 0.2) is 5.65 Å². The number of nitrogens with zero attached hydrogens (tertiary/aromatic N) is 4. The summed E-state index contributed by atoms with van der Waals surface area (Å²) < 4.78 is 6.74. The number of halogens is 1. The predicted molar refractivity (Wildman–Crippen MR) is 134 cm³/mol. The van der Waals surface area contributed by atoms with E-state index in [1.54, 1.807) is 6.20 Å². The van der Waals surface area contributed by atoms with Crippen molar-refractivity contribution >= 4 is 32.8 Å². The molecule has 1 aliphatic heterocycles. The van der Waals surface area contributed by atoms with Crippen LogP contribution in [-0.2, 0) is 0 Å². The standard InChI is InChI=1S/C25H26BrN5O2/c26-19-14-23-25(27-15-19)29-24(28-23)18-6-8-22(9-7-18)33-17-21(32)16-30-10-12-31(13-11-30)20-4-2-1-3-5-20/h1-9,14-15,21,32H,10-13,16-17H2,(H,27,28,29). The Labute approximate surface area is 201 Å². The maximum absolute atomic E-state index is 10.5. The normalized spacial score (nSPS) is 15.6. The van der Waals surface area contributed by atoms with E-state index in [1.165, 1.54) is 5.69 Å². The van der Waals surface area contributed by atoms with E-state index in [-0.39, 0.29) is 6.61 Å². The first-order chi connectivity index (χ1) is 16.1. The molecule has 0 aliphatic carbocycles. The van der Waals surface area contributed by atoms with Crippen molar-refractivity contribution in [3.05, 3.63) is 71.3 Å². The predicted octanol–water partition coefficient (Wildman–Crippen LogP) is 3.95. The number of imidazole rings is 1. The van der Waals surface area contributed by atoms with Gasteiger partial charge in [0.2, 0.25) is 0 Å². The van der Waals surface area contributed by atoms with Gasteiger partial charge in [-0.1, -0.05) is 18.2 Å². The van der Waals surface area contributed by atoms with Crippen LogP contribution in [0.15, 0.2) is 71.3 Å². The topological polar surface area (TPSA) is 77.5 Å². The number of ether oxygens (including phenoxy) is 1. The second kappa shape index (κ2) is 9.91. The van der Waals surface area contributed by atoms with Crippen molar-refractivity contribution in [2.45, 2.75) is 6.10 Å². The third kappa shape index (κ3) is 5.35. The molecule has 33 heavy (non-hydrogen) atoms. The maximum atomic E-state index is 10.5. The summed E-state index contributed by atoms with van der Waals surface area (Å²) >= 11 is 3.43. The molecule has 0 radical (unpaired) electrons. The van der Waals surface area contributed by atoms with Crippen molar-refractivity contribution in [1.82, 2.24) is 19.9 Å². The monoisotopic (exact) mass is 507 g/mol. The number of benzene rings is 2. The van der Waals surface area contributed by atoms with Crippen LogP contribution in [0, 0.1) is 0 Å². The number of aromatic nitrogens is 3. The second-order valence-electron chi connectivity index (χ2n) is 8.22. The fourth-order valence-corrected chi connectivity index (χ4v) is 4.42. The lowest BCUT2D eigenvalue weighted by Gasteiger charge is -2.36. The third-order valence-electron chi connectivity index (χ3n) is 5.84. The minimum Gasteiger partial charge on any atom is -0.491 e. The van der Waals surface area contributed by atoms with Gasteiger partial charge in [-0.2, -0.15) is 0 Å². The van der Waals surface area contributed by atoms with E-state index in [1.807, 2.05) is 36.4 Å². The molecule has 0 bridgehead atoms. The highest BCUT2D eigenvalue weighted by Gasteiger charge is 2.19. The summed E-state index contributed by atoms with van der Waals surface area (Å²) in [6.45, 7) is 4.68. The fraction of sp³-hybridized carbons (Fsp3) is 0.280. The lowest BCUT2D eigenvalue weighted by molar-refractivity contribution is 0.0663. The van der Waals surface area contributed by atoms with Gasteiger partial charge in [-0.15, -0.1) is 0 Å². The Kier molecular flexibility index (Phi) is 6.57. The van der Waals surface area contributed by atoms with E-state index in [2.05, 4.69) is 64.9 Å². The average Bonchev–Trinajstić information content (AvgIpc) is 3.27. The first kappa shape index (κ1) is 21.9. The Balaban J connectivity index is 1.10. The summed E-state index contributed by atoms with van der Waals surface area (Å²) in [7, 11) is 0. The van der Waals surface area contributed by atoms with Crippen molar-refractivity contribution < 1.29 is 9.84 Å². The molecule has 1 unspecified atom stereocenters. The second-order valence-corrected chi connectivity index (χ2v) is 9.14. The first-order valence-electron chi connectivity index (χ1n) is 11.1. The van der Waals surface area contributed by atoms with E-state index in [9.17, 15) is 5.11 Å². The molecule has 1 atom stereocenters. The van der Waals surface area contributed by atoms with Crippen LogP contribution in [0.4, 0.5) is 5.69 Å². The van der Waals surface area contributed by atoms with Crippen molar-refractivity contribution in [2.24, 2.45) is 0 Å². The summed E-state index contributed by atoms with van der Waals surface area (Å²) in [5.41, 5.74) is 3.78. The van der Waals surface area contributed by atoms with Crippen molar-refractivity contribution in [3.63, 3.8) is 0 Å². The number of H-pyrrole nitrogens is 1. The van der Waals surface area contributed by atoms with Gasteiger partial charge in [0.1, 0.15) is 24.3 Å². The Bertz CT molecular complexity index is 1190. The van der Waals surface area contributed by atoms with Gasteiger partial charge < -0.3 is 19.7 Å². The molecule has 2 aromatic heterocycles. The molecular weight excluding hydrogens is 482 g/mol. The number of hydrogen-bond acceptors (Lipinski definition) is 6. The Morgan fingerprint density at radius 3 is 2.55 bits per heavy atom. The van der Waals surface area contributed by atoms with Crippen LogP contribution in [0.5, 0.6) is 5.75 Å². The number of para-hydroxylation sites is 1. The Morgan fingerprint density at radius 1 is 1.03 bits per heavy atom. The summed E-state index contributed by atoms with van der Waals surface area (Å²) in [6.07, 6.45) is 1.20. The number of hydrogen-bond donors (Lipinski definition) is 2. The zero-order chi connectivity index (χ0) is 22.6. The molecule has 2 aromatic carbocycles. The van der Waals surface area contributed by atoms with E-state index in [4.69, 9.17) is 4.74 Å². The zero-order valence-corrected chi connectivity index (χ0v) is 19.8. The van der Waals surface area contributed by atoms with Gasteiger partial charge in [0.25, 0.3) is 0 Å². The van der Waals surface area contributed by atoms with Crippen LogP contribution in [0.3, 0.4) is 0 Å². The van der Waals surface area contributed by atoms with Crippen LogP contribution in [0.25, 0.3) is 22.6 Å². The number of fused-ring (bicyclic) bond motifs is 1. The molecule has 1 fully saturated rings. The molecule has 170 valence electrons. The smallest absolute Gasteiger partial charge is 0.178 e. The quantitative estimate of drug-likeness (QED) is 0.394. The van der Waals surface area contributed by atoms with Crippen LogP contribution >= 0.6 is 15.9 Å². The van der Waals surface area contributed by atoms with E-state index >= 15 is 0 Å². The zero-order valence-electron chi connectivity index (χ0n) is 18.2. The molecule has 4 aromatic rings. The highest BCUT2D eigenvalue weighted by atomic mass is 79.9. The number of aliphatic hydroxyl groups excluding tert-OH is 1. The number of aromatic amines is 1. The van der Waals surface area contributed by atoms with Gasteiger partial charge in [-0.3, -0.25) is 4.90 Å². The van der Waals surface area contributed by atoms with Crippen LogP contribution in [0.1, 0.15) is 0 Å². The van der Waals surface area contributed by atoms with Gasteiger partial charge in [-0.05, 0) is 58.4 Å². The maximum Gasteiger partial charge on any atom is 0.178 e. The SMILES string of the molecule is OC(COc1ccc(-c2nc3ncc(Br)cc3[nH]2)cc1)CN1CCN(c2ccccc2)CC1. The molecule has 0 saturated carbocycles. The van der Waals surface area contributed by atoms with E-state index in [0.29, 0.717) is 12.2 Å². The lowest BCUT2D eigenvalue weighted by Crippen LogP contribution is -2.49. The molecule has 1 saturated heterocycles.